The van der Waals surface area contributed by atoms with Crippen molar-refractivity contribution in [2.24, 2.45) is 0 Å². The summed E-state index contributed by atoms with van der Waals surface area (Å²) in [5.41, 5.74) is 3.10. The Morgan fingerprint density at radius 2 is 1.35 bits per heavy atom. The van der Waals surface area contributed by atoms with E-state index in [0.29, 0.717) is 18.9 Å². The molecule has 0 radical (unpaired) electrons. The van der Waals surface area contributed by atoms with Crippen LogP contribution in [0.5, 0.6) is 0 Å². The second-order valence-electron chi connectivity index (χ2n) is 9.38. The van der Waals surface area contributed by atoms with Crippen molar-refractivity contribution in [2.45, 2.75) is 36.8 Å². The van der Waals surface area contributed by atoms with Crippen LogP contribution in [0.2, 0.25) is 0 Å². The summed E-state index contributed by atoms with van der Waals surface area (Å²) in [4.78, 5) is 30.2. The molecule has 0 saturated carbocycles. The van der Waals surface area contributed by atoms with Crippen molar-refractivity contribution >= 4 is 11.9 Å². The normalized spacial score (nSPS) is 22.9. The first-order chi connectivity index (χ1) is 16.6. The average Bonchev–Trinajstić information content (AvgIpc) is 3.54. The molecule has 0 unspecified atom stereocenters. The monoisotopic (exact) mass is 454 g/mol. The highest BCUT2D eigenvalue weighted by atomic mass is 16.4. The summed E-state index contributed by atoms with van der Waals surface area (Å²) in [5.74, 6) is -1.12. The van der Waals surface area contributed by atoms with Crippen molar-refractivity contribution in [1.29, 1.82) is 0 Å². The summed E-state index contributed by atoms with van der Waals surface area (Å²) in [5, 5.41) is 10.0. The van der Waals surface area contributed by atoms with Crippen molar-refractivity contribution in [2.75, 3.05) is 19.6 Å². The van der Waals surface area contributed by atoms with Gasteiger partial charge >= 0.3 is 5.97 Å². The first-order valence-electron chi connectivity index (χ1n) is 12.0. The molecule has 5 rings (SSSR count). The van der Waals surface area contributed by atoms with Gasteiger partial charge in [-0.05, 0) is 42.0 Å². The Morgan fingerprint density at radius 1 is 0.794 bits per heavy atom. The van der Waals surface area contributed by atoms with E-state index in [1.807, 2.05) is 66.7 Å². The third-order valence-corrected chi connectivity index (χ3v) is 7.37. The van der Waals surface area contributed by atoms with Crippen molar-refractivity contribution in [3.8, 4) is 0 Å². The molecule has 174 valence electrons. The van der Waals surface area contributed by atoms with Crippen molar-refractivity contribution in [3.05, 3.63) is 108 Å². The smallest absolute Gasteiger partial charge is 0.326 e. The van der Waals surface area contributed by atoms with Crippen LogP contribution < -0.4 is 0 Å². The maximum absolute atomic E-state index is 14.0. The SMILES string of the molecule is O=C(O)[C@@H]1C[C@H](N2CC[C@@H](c3ccccc3)C2)CN1C(=O)C(c1ccccc1)c1ccccc1. The highest BCUT2D eigenvalue weighted by Crippen LogP contribution is 2.35. The first kappa shape index (κ1) is 22.4. The van der Waals surface area contributed by atoms with E-state index in [9.17, 15) is 14.7 Å². The Hall–Kier alpha value is -3.44. The van der Waals surface area contributed by atoms with Crippen molar-refractivity contribution in [1.82, 2.24) is 9.80 Å². The van der Waals surface area contributed by atoms with E-state index < -0.39 is 17.9 Å². The lowest BCUT2D eigenvalue weighted by molar-refractivity contribution is -0.148. The molecule has 0 aromatic heterocycles. The molecule has 3 aromatic rings. The number of hydrogen-bond acceptors (Lipinski definition) is 3. The predicted octanol–water partition coefficient (Wildman–Crippen LogP) is 4.36. The lowest BCUT2D eigenvalue weighted by Gasteiger charge is -2.28. The third-order valence-electron chi connectivity index (χ3n) is 7.37. The largest absolute Gasteiger partial charge is 0.480 e. The van der Waals surface area contributed by atoms with Gasteiger partial charge in [0.05, 0.1) is 5.92 Å². The molecule has 0 spiro atoms. The highest BCUT2D eigenvalue weighted by Gasteiger charge is 2.45. The number of amides is 1. The van der Waals surface area contributed by atoms with Gasteiger partial charge in [-0.1, -0.05) is 91.0 Å². The summed E-state index contributed by atoms with van der Waals surface area (Å²) in [6, 6.07) is 29.1. The predicted molar refractivity (Wildman–Crippen MR) is 132 cm³/mol. The van der Waals surface area contributed by atoms with Gasteiger partial charge in [0.15, 0.2) is 0 Å². The number of benzene rings is 3. The number of carbonyl (C=O) groups excluding carboxylic acids is 1. The van der Waals surface area contributed by atoms with Crippen molar-refractivity contribution < 1.29 is 14.7 Å². The van der Waals surface area contributed by atoms with Crippen LogP contribution in [0.1, 0.15) is 41.4 Å². The van der Waals surface area contributed by atoms with Crippen LogP contribution in [0.3, 0.4) is 0 Å². The van der Waals surface area contributed by atoms with Crippen LogP contribution in [-0.4, -0.2) is 58.5 Å². The fraction of sp³-hybridized carbons (Fsp3) is 0.310. The van der Waals surface area contributed by atoms with Crippen LogP contribution in [-0.2, 0) is 9.59 Å². The summed E-state index contributed by atoms with van der Waals surface area (Å²) in [6.45, 7) is 2.29. The second-order valence-corrected chi connectivity index (χ2v) is 9.38. The van der Waals surface area contributed by atoms with E-state index in [4.69, 9.17) is 0 Å². The minimum absolute atomic E-state index is 0.0611. The van der Waals surface area contributed by atoms with Gasteiger partial charge in [0.2, 0.25) is 5.91 Å². The van der Waals surface area contributed by atoms with Crippen LogP contribution >= 0.6 is 0 Å². The Bertz CT molecular complexity index is 1080. The number of rotatable bonds is 6. The molecule has 1 amide bonds. The molecule has 2 aliphatic heterocycles. The van der Waals surface area contributed by atoms with Crippen molar-refractivity contribution in [3.63, 3.8) is 0 Å². The number of likely N-dealkylation sites (tertiary alicyclic amines) is 2. The zero-order valence-electron chi connectivity index (χ0n) is 19.2. The molecular weight excluding hydrogens is 424 g/mol. The standard InChI is InChI=1S/C29H30N2O3/c32-28(27(22-12-6-2-7-13-22)23-14-8-3-9-15-23)31-20-25(18-26(31)29(33)34)30-17-16-24(19-30)21-10-4-1-5-11-21/h1-15,24-27H,16-20H2,(H,33,34)/t24-,25+,26+/m1/s1. The molecular formula is C29H30N2O3. The Kier molecular flexibility index (Phi) is 6.45. The van der Waals surface area contributed by atoms with Gasteiger partial charge in [0, 0.05) is 19.1 Å². The molecule has 3 atom stereocenters. The quantitative estimate of drug-likeness (QED) is 0.601. The Labute approximate surface area is 200 Å². The molecule has 1 N–H and O–H groups in total. The first-order valence-corrected chi connectivity index (χ1v) is 12.0. The van der Waals surface area contributed by atoms with Gasteiger partial charge in [-0.2, -0.15) is 0 Å². The number of carbonyl (C=O) groups is 2. The third kappa shape index (κ3) is 4.48. The highest BCUT2D eigenvalue weighted by molar-refractivity contribution is 5.91. The second kappa shape index (κ2) is 9.82. The molecule has 3 aromatic carbocycles. The van der Waals surface area contributed by atoms with Crippen LogP contribution in [0.4, 0.5) is 0 Å². The van der Waals surface area contributed by atoms with E-state index in [2.05, 4.69) is 29.2 Å². The van der Waals surface area contributed by atoms with E-state index >= 15 is 0 Å². The van der Waals surface area contributed by atoms with Gasteiger partial charge in [0.25, 0.3) is 0 Å². The summed E-state index contributed by atoms with van der Waals surface area (Å²) >= 11 is 0. The van der Waals surface area contributed by atoms with Gasteiger partial charge in [-0.25, -0.2) is 4.79 Å². The minimum Gasteiger partial charge on any atom is -0.480 e. The fourth-order valence-corrected chi connectivity index (χ4v) is 5.61. The summed E-state index contributed by atoms with van der Waals surface area (Å²) < 4.78 is 0. The fourth-order valence-electron chi connectivity index (χ4n) is 5.61. The number of nitrogens with zero attached hydrogens (tertiary/aromatic N) is 2. The van der Waals surface area contributed by atoms with Crippen LogP contribution in [0, 0.1) is 0 Å². The minimum atomic E-state index is -0.922. The van der Waals surface area contributed by atoms with E-state index in [1.54, 1.807) is 4.90 Å². The van der Waals surface area contributed by atoms with E-state index in [-0.39, 0.29) is 11.9 Å². The lowest BCUT2D eigenvalue weighted by atomic mass is 9.90. The van der Waals surface area contributed by atoms with Gasteiger partial charge in [-0.3, -0.25) is 9.69 Å². The van der Waals surface area contributed by atoms with Crippen LogP contribution in [0.15, 0.2) is 91.0 Å². The average molecular weight is 455 g/mol. The Morgan fingerprint density at radius 3 is 1.91 bits per heavy atom. The molecule has 0 aliphatic carbocycles. The topological polar surface area (TPSA) is 60.9 Å². The molecule has 0 bridgehead atoms. The maximum Gasteiger partial charge on any atom is 0.326 e. The summed E-state index contributed by atoms with van der Waals surface area (Å²) in [6.07, 6.45) is 1.53. The number of aliphatic carboxylic acids is 1. The molecule has 2 aliphatic rings. The van der Waals surface area contributed by atoms with Gasteiger partial charge in [0.1, 0.15) is 6.04 Å². The summed E-state index contributed by atoms with van der Waals surface area (Å²) in [7, 11) is 0. The molecule has 2 saturated heterocycles. The van der Waals surface area contributed by atoms with Gasteiger partial charge in [-0.15, -0.1) is 0 Å². The number of carboxylic acids is 1. The lowest BCUT2D eigenvalue weighted by Crippen LogP contribution is -2.44. The number of hydrogen-bond donors (Lipinski definition) is 1. The number of carboxylic acid groups (broad SMARTS) is 1. The molecule has 5 heteroatoms. The molecule has 5 nitrogen and oxygen atoms in total. The van der Waals surface area contributed by atoms with E-state index in [0.717, 1.165) is 30.6 Å². The maximum atomic E-state index is 14.0. The Balaban J connectivity index is 1.38. The zero-order chi connectivity index (χ0) is 23.5. The molecule has 2 heterocycles. The van der Waals surface area contributed by atoms with E-state index in [1.165, 1.54) is 5.56 Å². The van der Waals surface area contributed by atoms with Crippen LogP contribution in [0.25, 0.3) is 0 Å². The zero-order valence-corrected chi connectivity index (χ0v) is 19.2. The molecule has 34 heavy (non-hydrogen) atoms. The molecule has 2 fully saturated rings. The van der Waals surface area contributed by atoms with Gasteiger partial charge < -0.3 is 10.0 Å².